The Morgan fingerprint density at radius 1 is 1.31 bits per heavy atom. The van der Waals surface area contributed by atoms with Crippen LogP contribution in [-0.4, -0.2) is 10.9 Å². The first-order chi connectivity index (χ1) is 7.79. The SMILES string of the molecule is ON=C1CCCc2oc3cc(Br)ccc3c21. The van der Waals surface area contributed by atoms with Crippen molar-refractivity contribution < 1.29 is 9.62 Å². The molecule has 0 bridgehead atoms. The molecule has 0 atom stereocenters. The second-order valence-corrected chi connectivity index (χ2v) is 4.86. The van der Waals surface area contributed by atoms with E-state index < -0.39 is 0 Å². The predicted molar refractivity (Wildman–Crippen MR) is 65.2 cm³/mol. The van der Waals surface area contributed by atoms with Crippen molar-refractivity contribution in [1.82, 2.24) is 0 Å². The highest BCUT2D eigenvalue weighted by molar-refractivity contribution is 9.10. The average Bonchev–Trinajstić information content (AvgIpc) is 2.65. The van der Waals surface area contributed by atoms with E-state index in [0.29, 0.717) is 0 Å². The van der Waals surface area contributed by atoms with Gasteiger partial charge in [-0.3, -0.25) is 0 Å². The Morgan fingerprint density at radius 2 is 2.19 bits per heavy atom. The molecule has 0 saturated heterocycles. The number of fused-ring (bicyclic) bond motifs is 3. The van der Waals surface area contributed by atoms with Crippen LogP contribution in [0.2, 0.25) is 0 Å². The summed E-state index contributed by atoms with van der Waals surface area (Å²) >= 11 is 3.42. The first-order valence-electron chi connectivity index (χ1n) is 5.22. The van der Waals surface area contributed by atoms with E-state index in [2.05, 4.69) is 21.1 Å². The molecule has 82 valence electrons. The summed E-state index contributed by atoms with van der Waals surface area (Å²) in [6.45, 7) is 0. The van der Waals surface area contributed by atoms with E-state index in [1.54, 1.807) is 0 Å². The highest BCUT2D eigenvalue weighted by atomic mass is 79.9. The molecule has 1 aromatic carbocycles. The van der Waals surface area contributed by atoms with Crippen molar-refractivity contribution in [3.05, 3.63) is 34.0 Å². The van der Waals surface area contributed by atoms with Gasteiger partial charge in [-0.2, -0.15) is 0 Å². The Labute approximate surface area is 101 Å². The van der Waals surface area contributed by atoms with Crippen molar-refractivity contribution in [3.8, 4) is 0 Å². The smallest absolute Gasteiger partial charge is 0.136 e. The molecule has 1 aliphatic carbocycles. The van der Waals surface area contributed by atoms with Crippen LogP contribution in [0.3, 0.4) is 0 Å². The van der Waals surface area contributed by atoms with E-state index in [-0.39, 0.29) is 0 Å². The van der Waals surface area contributed by atoms with E-state index >= 15 is 0 Å². The molecule has 0 unspecified atom stereocenters. The topological polar surface area (TPSA) is 45.7 Å². The predicted octanol–water partition coefficient (Wildman–Crippen LogP) is 3.71. The summed E-state index contributed by atoms with van der Waals surface area (Å²) < 4.78 is 6.78. The lowest BCUT2D eigenvalue weighted by Gasteiger charge is -2.10. The van der Waals surface area contributed by atoms with Crippen molar-refractivity contribution in [2.24, 2.45) is 5.16 Å². The molecule has 2 aromatic rings. The standard InChI is InChI=1S/C12H10BrNO2/c13-7-4-5-8-11(6-7)16-10-3-1-2-9(14-15)12(8)10/h4-6,15H,1-3H2. The summed E-state index contributed by atoms with van der Waals surface area (Å²) in [6.07, 6.45) is 2.71. The fraction of sp³-hybridized carbons (Fsp3) is 0.250. The Hall–Kier alpha value is -1.29. The second kappa shape index (κ2) is 3.63. The lowest BCUT2D eigenvalue weighted by molar-refractivity contribution is 0.317. The van der Waals surface area contributed by atoms with Gasteiger partial charge >= 0.3 is 0 Å². The molecule has 16 heavy (non-hydrogen) atoms. The Morgan fingerprint density at radius 3 is 3.00 bits per heavy atom. The zero-order chi connectivity index (χ0) is 11.1. The number of halogens is 1. The summed E-state index contributed by atoms with van der Waals surface area (Å²) in [5.74, 6) is 0.937. The molecular formula is C12H10BrNO2. The summed E-state index contributed by atoms with van der Waals surface area (Å²) in [5.41, 5.74) is 2.57. The molecule has 0 spiro atoms. The number of aryl methyl sites for hydroxylation is 1. The number of benzene rings is 1. The number of hydrogen-bond acceptors (Lipinski definition) is 3. The molecule has 1 N–H and O–H groups in total. The molecule has 3 rings (SSSR count). The van der Waals surface area contributed by atoms with E-state index in [9.17, 15) is 0 Å². The summed E-state index contributed by atoms with van der Waals surface area (Å²) in [7, 11) is 0. The minimum atomic E-state index is 0.738. The van der Waals surface area contributed by atoms with Gasteiger partial charge in [0.1, 0.15) is 11.3 Å². The highest BCUT2D eigenvalue weighted by Crippen LogP contribution is 2.33. The second-order valence-electron chi connectivity index (χ2n) is 3.94. The third kappa shape index (κ3) is 1.37. The molecule has 1 aromatic heterocycles. The number of furan rings is 1. The van der Waals surface area contributed by atoms with Crippen molar-refractivity contribution in [3.63, 3.8) is 0 Å². The van der Waals surface area contributed by atoms with Crippen LogP contribution in [0.4, 0.5) is 0 Å². The van der Waals surface area contributed by atoms with Gasteiger partial charge in [0.05, 0.1) is 5.71 Å². The van der Waals surface area contributed by atoms with Gasteiger partial charge in [0, 0.05) is 21.8 Å². The van der Waals surface area contributed by atoms with Crippen LogP contribution in [0, 0.1) is 0 Å². The molecule has 4 heteroatoms. The zero-order valence-electron chi connectivity index (χ0n) is 8.53. The fourth-order valence-corrected chi connectivity index (χ4v) is 2.60. The monoisotopic (exact) mass is 279 g/mol. The van der Waals surface area contributed by atoms with Gasteiger partial charge in [-0.25, -0.2) is 0 Å². The minimum absolute atomic E-state index is 0.738. The Kier molecular flexibility index (Phi) is 2.24. The molecule has 3 nitrogen and oxygen atoms in total. The van der Waals surface area contributed by atoms with Gasteiger partial charge in [0.25, 0.3) is 0 Å². The molecule has 0 radical (unpaired) electrons. The molecule has 0 amide bonds. The van der Waals surface area contributed by atoms with Crippen LogP contribution in [-0.2, 0) is 6.42 Å². The first kappa shape index (κ1) is 9.90. The minimum Gasteiger partial charge on any atom is -0.460 e. The maximum Gasteiger partial charge on any atom is 0.136 e. The molecule has 1 aliphatic rings. The fourth-order valence-electron chi connectivity index (χ4n) is 2.25. The molecule has 0 fully saturated rings. The van der Waals surface area contributed by atoms with Crippen LogP contribution in [0.25, 0.3) is 11.0 Å². The Bertz CT molecular complexity index is 586. The van der Waals surface area contributed by atoms with Crippen LogP contribution in [0.15, 0.2) is 32.2 Å². The van der Waals surface area contributed by atoms with Gasteiger partial charge in [-0.15, -0.1) is 0 Å². The summed E-state index contributed by atoms with van der Waals surface area (Å²) in [5, 5.41) is 13.4. The van der Waals surface area contributed by atoms with E-state index in [1.807, 2.05) is 18.2 Å². The number of oxime groups is 1. The summed E-state index contributed by atoms with van der Waals surface area (Å²) in [4.78, 5) is 0. The quantitative estimate of drug-likeness (QED) is 0.590. The molecule has 0 aliphatic heterocycles. The van der Waals surface area contributed by atoms with Crippen LogP contribution in [0.5, 0.6) is 0 Å². The van der Waals surface area contributed by atoms with Crippen molar-refractivity contribution in [1.29, 1.82) is 0 Å². The van der Waals surface area contributed by atoms with E-state index in [1.165, 1.54) is 0 Å². The average molecular weight is 280 g/mol. The number of hydrogen-bond donors (Lipinski definition) is 1. The number of nitrogens with zero attached hydrogens (tertiary/aromatic N) is 1. The lowest BCUT2D eigenvalue weighted by Crippen LogP contribution is -2.09. The van der Waals surface area contributed by atoms with Crippen LogP contribution >= 0.6 is 15.9 Å². The largest absolute Gasteiger partial charge is 0.460 e. The normalized spacial score (nSPS) is 17.9. The maximum atomic E-state index is 9.01. The molecular weight excluding hydrogens is 270 g/mol. The van der Waals surface area contributed by atoms with Gasteiger partial charge in [0.2, 0.25) is 0 Å². The van der Waals surface area contributed by atoms with Gasteiger partial charge in [0.15, 0.2) is 0 Å². The highest BCUT2D eigenvalue weighted by Gasteiger charge is 2.23. The van der Waals surface area contributed by atoms with Crippen LogP contribution < -0.4 is 0 Å². The molecule has 1 heterocycles. The maximum absolute atomic E-state index is 9.01. The third-order valence-electron chi connectivity index (χ3n) is 2.95. The van der Waals surface area contributed by atoms with Crippen molar-refractivity contribution >= 4 is 32.6 Å². The van der Waals surface area contributed by atoms with Crippen molar-refractivity contribution in [2.45, 2.75) is 19.3 Å². The Balaban J connectivity index is 2.34. The third-order valence-corrected chi connectivity index (χ3v) is 3.44. The van der Waals surface area contributed by atoms with Gasteiger partial charge in [-0.1, -0.05) is 21.1 Å². The lowest BCUT2D eigenvalue weighted by atomic mass is 9.94. The number of rotatable bonds is 0. The summed E-state index contributed by atoms with van der Waals surface area (Å²) in [6, 6.07) is 5.92. The zero-order valence-corrected chi connectivity index (χ0v) is 10.1. The van der Waals surface area contributed by atoms with Gasteiger partial charge in [-0.05, 0) is 31.0 Å². The van der Waals surface area contributed by atoms with E-state index in [4.69, 9.17) is 9.62 Å². The van der Waals surface area contributed by atoms with Crippen LogP contribution in [0.1, 0.15) is 24.2 Å². The molecule has 0 saturated carbocycles. The van der Waals surface area contributed by atoms with Gasteiger partial charge < -0.3 is 9.62 Å². The van der Waals surface area contributed by atoms with E-state index in [0.717, 1.165) is 51.7 Å². The first-order valence-corrected chi connectivity index (χ1v) is 6.01. The van der Waals surface area contributed by atoms with Crippen molar-refractivity contribution in [2.75, 3.05) is 0 Å².